The van der Waals surface area contributed by atoms with Gasteiger partial charge in [0.25, 0.3) is 0 Å². The van der Waals surface area contributed by atoms with Crippen LogP contribution in [0.5, 0.6) is 0 Å². The minimum Gasteiger partial charge on any atom is -0.247 e. The van der Waals surface area contributed by atoms with Crippen LogP contribution in [-0.4, -0.2) is 22.6 Å². The molecule has 0 bridgehead atoms. The molecule has 2 aliphatic rings. The van der Waals surface area contributed by atoms with Crippen LogP contribution in [0.15, 0.2) is 22.7 Å². The Balaban J connectivity index is 1.79. The first-order chi connectivity index (χ1) is 7.33. The van der Waals surface area contributed by atoms with E-state index in [1.807, 2.05) is 11.9 Å². The third-order valence-corrected chi connectivity index (χ3v) is 5.04. The van der Waals surface area contributed by atoms with Crippen molar-refractivity contribution < 1.29 is 0 Å². The summed E-state index contributed by atoms with van der Waals surface area (Å²) in [5.41, 5.74) is 3.09. The van der Waals surface area contributed by atoms with Gasteiger partial charge in [0.1, 0.15) is 0 Å². The zero-order valence-corrected chi connectivity index (χ0v) is 11.0. The number of nitrogens with zero attached hydrogens (tertiary/aromatic N) is 1. The van der Waals surface area contributed by atoms with Crippen molar-refractivity contribution >= 4 is 27.9 Å². The number of hydrogen-bond donors (Lipinski definition) is 0. The molecule has 0 spiro atoms. The third-order valence-electron chi connectivity index (χ3n) is 3.27. The summed E-state index contributed by atoms with van der Waals surface area (Å²) < 4.78 is 3.81. The van der Waals surface area contributed by atoms with E-state index in [1.54, 1.807) is 11.1 Å². The van der Waals surface area contributed by atoms with E-state index in [-0.39, 0.29) is 0 Å². The van der Waals surface area contributed by atoms with Crippen LogP contribution in [0.1, 0.15) is 17.5 Å². The van der Waals surface area contributed by atoms with Crippen LogP contribution in [0.3, 0.4) is 0 Å². The second-order valence-electron chi connectivity index (χ2n) is 4.30. The molecule has 0 N–H and O–H groups in total. The summed E-state index contributed by atoms with van der Waals surface area (Å²) in [7, 11) is 0. The highest BCUT2D eigenvalue weighted by atomic mass is 79.9. The van der Waals surface area contributed by atoms with Gasteiger partial charge < -0.3 is 0 Å². The van der Waals surface area contributed by atoms with E-state index in [2.05, 4.69) is 38.4 Å². The first-order valence-corrected chi connectivity index (χ1v) is 7.23. The zero-order chi connectivity index (χ0) is 10.3. The summed E-state index contributed by atoms with van der Waals surface area (Å²) in [6.45, 7) is 1.28. The van der Waals surface area contributed by atoms with Gasteiger partial charge in [0.15, 0.2) is 0 Å². The number of benzene rings is 1. The van der Waals surface area contributed by atoms with Crippen molar-refractivity contribution in [2.24, 2.45) is 0 Å². The third kappa shape index (κ3) is 1.97. The Kier molecular flexibility index (Phi) is 2.79. The quantitative estimate of drug-likeness (QED) is 0.728. The number of hydrogen-bond acceptors (Lipinski definition) is 2. The smallest absolute Gasteiger partial charge is 0.0283 e. The van der Waals surface area contributed by atoms with Crippen molar-refractivity contribution in [3.05, 3.63) is 33.8 Å². The van der Waals surface area contributed by atoms with Gasteiger partial charge in [-0.05, 0) is 42.5 Å². The van der Waals surface area contributed by atoms with E-state index in [0.29, 0.717) is 0 Å². The molecule has 1 fully saturated rings. The van der Waals surface area contributed by atoms with E-state index >= 15 is 0 Å². The first kappa shape index (κ1) is 10.2. The van der Waals surface area contributed by atoms with Gasteiger partial charge in [-0.2, -0.15) is 0 Å². The Hall–Kier alpha value is 0.01000. The molecule has 1 heterocycles. The molecule has 0 saturated carbocycles. The van der Waals surface area contributed by atoms with Gasteiger partial charge >= 0.3 is 0 Å². The number of halogens is 1. The van der Waals surface area contributed by atoms with Gasteiger partial charge in [-0.15, -0.1) is 0 Å². The summed E-state index contributed by atoms with van der Waals surface area (Å²) >= 11 is 5.59. The fourth-order valence-corrected chi connectivity index (χ4v) is 4.04. The first-order valence-electron chi connectivity index (χ1n) is 5.50. The fourth-order valence-electron chi connectivity index (χ4n) is 2.52. The summed E-state index contributed by atoms with van der Waals surface area (Å²) in [4.78, 5) is 0. The average molecular weight is 284 g/mol. The summed E-state index contributed by atoms with van der Waals surface area (Å²) in [6.07, 6.45) is 3.85. The molecule has 1 aliphatic heterocycles. The van der Waals surface area contributed by atoms with Crippen LogP contribution in [0.25, 0.3) is 0 Å². The molecule has 1 aromatic rings. The molecule has 1 aromatic carbocycles. The molecule has 1 saturated heterocycles. The summed E-state index contributed by atoms with van der Waals surface area (Å²) in [5.74, 6) is 1.32. The van der Waals surface area contributed by atoms with Crippen LogP contribution in [-0.2, 0) is 12.8 Å². The minimum atomic E-state index is 0.752. The normalized spacial score (nSPS) is 25.8. The van der Waals surface area contributed by atoms with Crippen LogP contribution in [0.2, 0.25) is 0 Å². The molecule has 0 amide bonds. The largest absolute Gasteiger partial charge is 0.247 e. The van der Waals surface area contributed by atoms with E-state index in [0.717, 1.165) is 6.04 Å². The molecular formula is C12H14BrNS. The van der Waals surface area contributed by atoms with Gasteiger partial charge in [-0.25, -0.2) is 4.31 Å². The van der Waals surface area contributed by atoms with Crippen molar-refractivity contribution in [1.29, 1.82) is 0 Å². The SMILES string of the molecule is Brc1ccc2c(c1)CC(N1CCCS1)C2. The Morgan fingerprint density at radius 2 is 2.13 bits per heavy atom. The van der Waals surface area contributed by atoms with Gasteiger partial charge in [0.2, 0.25) is 0 Å². The highest BCUT2D eigenvalue weighted by molar-refractivity contribution is 9.10. The van der Waals surface area contributed by atoms with E-state index < -0.39 is 0 Å². The molecule has 3 heteroatoms. The Morgan fingerprint density at radius 1 is 1.27 bits per heavy atom. The van der Waals surface area contributed by atoms with Crippen molar-refractivity contribution in [3.63, 3.8) is 0 Å². The maximum absolute atomic E-state index is 3.55. The lowest BCUT2D eigenvalue weighted by Gasteiger charge is -2.21. The molecule has 3 rings (SSSR count). The standard InChI is InChI=1S/C12H14BrNS/c13-11-3-2-9-7-12(8-10(9)6-11)14-4-1-5-15-14/h2-3,6,12H,1,4-5,7-8H2. The van der Waals surface area contributed by atoms with E-state index in [9.17, 15) is 0 Å². The molecule has 15 heavy (non-hydrogen) atoms. The van der Waals surface area contributed by atoms with E-state index in [4.69, 9.17) is 0 Å². The molecule has 80 valence electrons. The van der Waals surface area contributed by atoms with Crippen LogP contribution < -0.4 is 0 Å². The minimum absolute atomic E-state index is 0.752. The fraction of sp³-hybridized carbons (Fsp3) is 0.500. The topological polar surface area (TPSA) is 3.24 Å². The molecule has 1 unspecified atom stereocenters. The monoisotopic (exact) mass is 283 g/mol. The average Bonchev–Trinajstić information content (AvgIpc) is 2.84. The lowest BCUT2D eigenvalue weighted by molar-refractivity contribution is 0.379. The highest BCUT2D eigenvalue weighted by Crippen LogP contribution is 2.33. The second kappa shape index (κ2) is 4.11. The Bertz CT molecular complexity index is 374. The molecule has 1 aliphatic carbocycles. The zero-order valence-electron chi connectivity index (χ0n) is 8.58. The highest BCUT2D eigenvalue weighted by Gasteiger charge is 2.28. The number of rotatable bonds is 1. The Morgan fingerprint density at radius 3 is 2.93 bits per heavy atom. The summed E-state index contributed by atoms with van der Waals surface area (Å²) in [5, 5.41) is 0. The lowest BCUT2D eigenvalue weighted by Crippen LogP contribution is -2.27. The van der Waals surface area contributed by atoms with Gasteiger partial charge in [-0.3, -0.25) is 0 Å². The summed E-state index contributed by atoms with van der Waals surface area (Å²) in [6, 6.07) is 7.48. The van der Waals surface area contributed by atoms with Crippen LogP contribution in [0, 0.1) is 0 Å². The van der Waals surface area contributed by atoms with E-state index in [1.165, 1.54) is 36.0 Å². The van der Waals surface area contributed by atoms with Gasteiger partial charge in [0.05, 0.1) is 0 Å². The van der Waals surface area contributed by atoms with Crippen molar-refractivity contribution in [2.75, 3.05) is 12.3 Å². The molecule has 0 radical (unpaired) electrons. The van der Waals surface area contributed by atoms with Gasteiger partial charge in [0, 0.05) is 22.8 Å². The lowest BCUT2D eigenvalue weighted by atomic mass is 10.1. The maximum Gasteiger partial charge on any atom is 0.0283 e. The van der Waals surface area contributed by atoms with Crippen molar-refractivity contribution in [3.8, 4) is 0 Å². The van der Waals surface area contributed by atoms with Crippen LogP contribution in [0.4, 0.5) is 0 Å². The van der Waals surface area contributed by atoms with Gasteiger partial charge in [-0.1, -0.05) is 33.9 Å². The predicted octanol–water partition coefficient (Wildman–Crippen LogP) is 3.27. The predicted molar refractivity (Wildman–Crippen MR) is 69.1 cm³/mol. The molecule has 0 aromatic heterocycles. The number of fused-ring (bicyclic) bond motifs is 1. The maximum atomic E-state index is 3.55. The second-order valence-corrected chi connectivity index (χ2v) is 6.35. The molecule has 1 atom stereocenters. The Labute approximate surface area is 103 Å². The molecular weight excluding hydrogens is 270 g/mol. The van der Waals surface area contributed by atoms with Crippen molar-refractivity contribution in [1.82, 2.24) is 4.31 Å². The molecule has 1 nitrogen and oxygen atoms in total. The van der Waals surface area contributed by atoms with Crippen molar-refractivity contribution in [2.45, 2.75) is 25.3 Å². The van der Waals surface area contributed by atoms with Crippen LogP contribution >= 0.6 is 27.9 Å².